The Balaban J connectivity index is 1.98. The Hall–Kier alpha value is -0.530. The van der Waals surface area contributed by atoms with E-state index in [-0.39, 0.29) is 0 Å². The lowest BCUT2D eigenvalue weighted by Gasteiger charge is -2.29. The number of likely N-dealkylation sites (N-methyl/N-ethyl adjacent to an activating group) is 1. The Morgan fingerprint density at radius 1 is 1.05 bits per heavy atom. The van der Waals surface area contributed by atoms with Gasteiger partial charge >= 0.3 is 0 Å². The third-order valence-electron chi connectivity index (χ3n) is 4.55. The average molecular weight is 294 g/mol. The predicted molar refractivity (Wildman–Crippen MR) is 88.4 cm³/mol. The molecule has 0 radical (unpaired) electrons. The van der Waals surface area contributed by atoms with Gasteiger partial charge in [-0.25, -0.2) is 0 Å². The van der Waals surface area contributed by atoms with Gasteiger partial charge in [-0.05, 0) is 49.4 Å². The van der Waals surface area contributed by atoms with Crippen molar-refractivity contribution >= 4 is 11.6 Å². The molecule has 2 rings (SSSR count). The smallest absolute Gasteiger partial charge is 0.0406 e. The van der Waals surface area contributed by atoms with Crippen LogP contribution in [0.2, 0.25) is 5.02 Å². The molecule has 0 aromatic heterocycles. The highest BCUT2D eigenvalue weighted by Gasteiger charge is 2.21. The molecule has 1 N–H and O–H groups in total. The van der Waals surface area contributed by atoms with Gasteiger partial charge in [-0.2, -0.15) is 0 Å². The van der Waals surface area contributed by atoms with Crippen molar-refractivity contribution in [1.82, 2.24) is 5.32 Å². The zero-order chi connectivity index (χ0) is 14.2. The van der Waals surface area contributed by atoms with Crippen LogP contribution in [0.5, 0.6) is 0 Å². The third-order valence-corrected chi connectivity index (χ3v) is 4.81. The first-order chi connectivity index (χ1) is 9.79. The molecule has 1 aromatic carbocycles. The van der Waals surface area contributed by atoms with Gasteiger partial charge in [-0.15, -0.1) is 0 Å². The van der Waals surface area contributed by atoms with Crippen molar-refractivity contribution in [3.05, 3.63) is 34.9 Å². The minimum absolute atomic E-state index is 0.624. The number of halogens is 1. The fourth-order valence-corrected chi connectivity index (χ4v) is 3.56. The summed E-state index contributed by atoms with van der Waals surface area (Å²) in [5.41, 5.74) is 1.41. The summed E-state index contributed by atoms with van der Waals surface area (Å²) < 4.78 is 0. The van der Waals surface area contributed by atoms with Crippen LogP contribution in [0.1, 0.15) is 57.4 Å². The van der Waals surface area contributed by atoms with Crippen LogP contribution < -0.4 is 5.32 Å². The van der Waals surface area contributed by atoms with E-state index >= 15 is 0 Å². The summed E-state index contributed by atoms with van der Waals surface area (Å²) in [6.07, 6.45) is 11.0. The second-order valence-electron chi connectivity index (χ2n) is 6.10. The Morgan fingerprint density at radius 2 is 1.65 bits per heavy atom. The van der Waals surface area contributed by atoms with E-state index in [4.69, 9.17) is 11.6 Å². The third kappa shape index (κ3) is 5.10. The molecule has 0 aliphatic heterocycles. The first-order valence-corrected chi connectivity index (χ1v) is 8.65. The molecule has 0 heterocycles. The number of hydrogen-bond donors (Lipinski definition) is 1. The van der Waals surface area contributed by atoms with E-state index in [2.05, 4.69) is 24.4 Å². The van der Waals surface area contributed by atoms with Crippen molar-refractivity contribution in [2.24, 2.45) is 5.92 Å². The van der Waals surface area contributed by atoms with Crippen LogP contribution in [-0.2, 0) is 6.42 Å². The highest BCUT2D eigenvalue weighted by Crippen LogP contribution is 2.26. The zero-order valence-electron chi connectivity index (χ0n) is 12.7. The Kier molecular flexibility index (Phi) is 6.89. The molecular weight excluding hydrogens is 266 g/mol. The summed E-state index contributed by atoms with van der Waals surface area (Å²) in [7, 11) is 0. The van der Waals surface area contributed by atoms with Gasteiger partial charge in [0.25, 0.3) is 0 Å². The summed E-state index contributed by atoms with van der Waals surface area (Å²) in [5.74, 6) is 0.839. The summed E-state index contributed by atoms with van der Waals surface area (Å²) in [5, 5.41) is 4.56. The van der Waals surface area contributed by atoms with Gasteiger partial charge in [-0.1, -0.05) is 62.8 Å². The van der Waals surface area contributed by atoms with Gasteiger partial charge in [0.2, 0.25) is 0 Å². The summed E-state index contributed by atoms with van der Waals surface area (Å²) in [6, 6.07) is 9.00. The Labute approximate surface area is 129 Å². The molecule has 1 unspecified atom stereocenters. The van der Waals surface area contributed by atoms with Gasteiger partial charge in [0.05, 0.1) is 0 Å². The van der Waals surface area contributed by atoms with E-state index in [1.807, 2.05) is 12.1 Å². The molecule has 1 saturated carbocycles. The van der Waals surface area contributed by atoms with Crippen molar-refractivity contribution in [2.45, 2.75) is 64.3 Å². The molecule has 112 valence electrons. The van der Waals surface area contributed by atoms with Crippen molar-refractivity contribution < 1.29 is 0 Å². The second kappa shape index (κ2) is 8.69. The molecule has 1 aliphatic rings. The van der Waals surface area contributed by atoms with Crippen LogP contribution in [0.3, 0.4) is 0 Å². The van der Waals surface area contributed by atoms with Crippen LogP contribution in [0, 0.1) is 5.92 Å². The lowest BCUT2D eigenvalue weighted by Crippen LogP contribution is -2.38. The summed E-state index contributed by atoms with van der Waals surface area (Å²) in [6.45, 7) is 3.28. The summed E-state index contributed by atoms with van der Waals surface area (Å²) in [4.78, 5) is 0. The molecule has 0 amide bonds. The maximum atomic E-state index is 5.98. The molecule has 0 bridgehead atoms. The van der Waals surface area contributed by atoms with Crippen molar-refractivity contribution in [3.8, 4) is 0 Å². The molecule has 1 aliphatic carbocycles. The van der Waals surface area contributed by atoms with Crippen LogP contribution in [-0.4, -0.2) is 12.6 Å². The first-order valence-electron chi connectivity index (χ1n) is 8.27. The van der Waals surface area contributed by atoms with E-state index in [0.717, 1.165) is 23.9 Å². The number of nitrogens with one attached hydrogen (secondary N) is 1. The summed E-state index contributed by atoms with van der Waals surface area (Å²) >= 11 is 5.98. The molecule has 2 heteroatoms. The number of benzene rings is 1. The standard InChI is InChI=1S/C18H28ClN/c1-2-20-18(14-15-10-12-17(19)13-11-15)16-8-6-4-3-5-7-9-16/h10-13,16,18,20H,2-9,14H2,1H3. The van der Waals surface area contributed by atoms with Crippen molar-refractivity contribution in [2.75, 3.05) is 6.54 Å². The van der Waals surface area contributed by atoms with Crippen LogP contribution in [0.15, 0.2) is 24.3 Å². The van der Waals surface area contributed by atoms with Crippen LogP contribution in [0.4, 0.5) is 0 Å². The Bertz CT molecular complexity index is 366. The zero-order valence-corrected chi connectivity index (χ0v) is 13.5. The van der Waals surface area contributed by atoms with Gasteiger partial charge < -0.3 is 5.32 Å². The normalized spacial score (nSPS) is 19.3. The van der Waals surface area contributed by atoms with Gasteiger partial charge in [-0.3, -0.25) is 0 Å². The van der Waals surface area contributed by atoms with Gasteiger partial charge in [0, 0.05) is 11.1 Å². The highest BCUT2D eigenvalue weighted by atomic mass is 35.5. The van der Waals surface area contributed by atoms with Crippen molar-refractivity contribution in [1.29, 1.82) is 0 Å². The molecule has 1 nitrogen and oxygen atoms in total. The van der Waals surface area contributed by atoms with E-state index in [1.165, 1.54) is 50.5 Å². The fraction of sp³-hybridized carbons (Fsp3) is 0.667. The fourth-order valence-electron chi connectivity index (χ4n) is 3.43. The maximum Gasteiger partial charge on any atom is 0.0406 e. The molecular formula is C18H28ClN. The van der Waals surface area contributed by atoms with Gasteiger partial charge in [0.1, 0.15) is 0 Å². The maximum absolute atomic E-state index is 5.98. The molecule has 20 heavy (non-hydrogen) atoms. The van der Waals surface area contributed by atoms with Crippen LogP contribution in [0.25, 0.3) is 0 Å². The minimum Gasteiger partial charge on any atom is -0.314 e. The predicted octanol–water partition coefficient (Wildman–Crippen LogP) is 5.22. The monoisotopic (exact) mass is 293 g/mol. The van der Waals surface area contributed by atoms with Crippen molar-refractivity contribution in [3.63, 3.8) is 0 Å². The van der Waals surface area contributed by atoms with Crippen LogP contribution >= 0.6 is 11.6 Å². The SMILES string of the molecule is CCNC(Cc1ccc(Cl)cc1)C1CCCCCCC1. The Morgan fingerprint density at radius 3 is 2.25 bits per heavy atom. The molecule has 0 saturated heterocycles. The van der Waals surface area contributed by atoms with E-state index in [1.54, 1.807) is 0 Å². The topological polar surface area (TPSA) is 12.0 Å². The minimum atomic E-state index is 0.624. The van der Waals surface area contributed by atoms with Gasteiger partial charge in [0.15, 0.2) is 0 Å². The quantitative estimate of drug-likeness (QED) is 0.785. The average Bonchev–Trinajstić information content (AvgIpc) is 2.41. The molecule has 0 spiro atoms. The van der Waals surface area contributed by atoms with E-state index < -0.39 is 0 Å². The first kappa shape index (κ1) is 15.9. The molecule has 1 atom stereocenters. The van der Waals surface area contributed by atoms with E-state index in [9.17, 15) is 0 Å². The lowest BCUT2D eigenvalue weighted by molar-refractivity contribution is 0.286. The number of rotatable bonds is 5. The second-order valence-corrected chi connectivity index (χ2v) is 6.54. The highest BCUT2D eigenvalue weighted by molar-refractivity contribution is 6.30. The molecule has 1 fully saturated rings. The molecule has 1 aromatic rings. The van der Waals surface area contributed by atoms with E-state index in [0.29, 0.717) is 6.04 Å². The largest absolute Gasteiger partial charge is 0.314 e. The lowest BCUT2D eigenvalue weighted by atomic mass is 9.83. The number of hydrogen-bond acceptors (Lipinski definition) is 1.